The highest BCUT2D eigenvalue weighted by atomic mass is 35.5. The molecular formula is C27H21Cl2N5O4. The van der Waals surface area contributed by atoms with Gasteiger partial charge in [-0.3, -0.25) is 0 Å². The van der Waals surface area contributed by atoms with Gasteiger partial charge in [0.05, 0.1) is 21.2 Å². The van der Waals surface area contributed by atoms with E-state index in [0.29, 0.717) is 17.4 Å². The monoisotopic (exact) mass is 549 g/mol. The van der Waals surface area contributed by atoms with Crippen LogP contribution in [0.2, 0.25) is 10.0 Å². The molecule has 9 nitrogen and oxygen atoms in total. The predicted octanol–water partition coefficient (Wildman–Crippen LogP) is 5.66. The summed E-state index contributed by atoms with van der Waals surface area (Å²) in [7, 11) is 0. The van der Waals surface area contributed by atoms with Crippen molar-refractivity contribution < 1.29 is 19.4 Å². The molecule has 1 aliphatic carbocycles. The normalized spacial score (nSPS) is 19.4. The van der Waals surface area contributed by atoms with Crippen molar-refractivity contribution in [2.24, 2.45) is 5.10 Å². The molecule has 2 aromatic heterocycles. The number of aromatic nitrogens is 1. The first-order valence-electron chi connectivity index (χ1n) is 11.9. The van der Waals surface area contributed by atoms with Crippen molar-refractivity contribution >= 4 is 45.5 Å². The van der Waals surface area contributed by atoms with E-state index in [1.165, 1.54) is 25.0 Å². The number of furan rings is 1. The third kappa shape index (κ3) is 4.58. The van der Waals surface area contributed by atoms with Crippen molar-refractivity contribution in [3.05, 3.63) is 69.9 Å². The zero-order valence-corrected chi connectivity index (χ0v) is 21.5. The fraction of sp³-hybridized carbons (Fsp3) is 0.222. The highest BCUT2D eigenvalue weighted by Gasteiger charge is 2.30. The summed E-state index contributed by atoms with van der Waals surface area (Å²) in [6.45, 7) is 2.00. The Hall–Kier alpha value is -3.65. The van der Waals surface area contributed by atoms with E-state index in [9.17, 15) is 10.2 Å². The van der Waals surface area contributed by atoms with Crippen LogP contribution in [0.1, 0.15) is 30.1 Å². The number of hydrogen-bond acceptors (Lipinski definition) is 9. The van der Waals surface area contributed by atoms with Crippen molar-refractivity contribution in [1.29, 1.82) is 5.26 Å². The second-order valence-corrected chi connectivity index (χ2v) is 10.0. The summed E-state index contributed by atoms with van der Waals surface area (Å²) in [4.78, 5) is 4.78. The number of ether oxygens (including phenoxy) is 1. The smallest absolute Gasteiger partial charge is 0.206 e. The van der Waals surface area contributed by atoms with Crippen LogP contribution in [0.25, 0.3) is 22.4 Å². The summed E-state index contributed by atoms with van der Waals surface area (Å²) in [6.07, 6.45) is -0.438. The molecule has 11 heteroatoms. The van der Waals surface area contributed by atoms with Crippen LogP contribution < -0.4 is 15.1 Å². The minimum atomic E-state index is -1.40. The van der Waals surface area contributed by atoms with Crippen LogP contribution in [0.3, 0.4) is 0 Å². The van der Waals surface area contributed by atoms with Gasteiger partial charge in [-0.15, -0.1) is 0 Å². The third-order valence-corrected chi connectivity index (χ3v) is 7.00. The molecule has 1 fully saturated rings. The fourth-order valence-electron chi connectivity index (χ4n) is 4.33. The van der Waals surface area contributed by atoms with Crippen molar-refractivity contribution in [3.8, 4) is 29.0 Å². The lowest BCUT2D eigenvalue weighted by atomic mass is 10.1. The number of anilines is 1. The van der Waals surface area contributed by atoms with Crippen LogP contribution in [0.15, 0.2) is 58.0 Å². The second-order valence-electron chi connectivity index (χ2n) is 9.20. The summed E-state index contributed by atoms with van der Waals surface area (Å²) < 4.78 is 12.1. The average Bonchev–Trinajstić information content (AvgIpc) is 3.62. The van der Waals surface area contributed by atoms with Gasteiger partial charge >= 0.3 is 0 Å². The molecule has 0 saturated heterocycles. The minimum Gasteiger partial charge on any atom is -0.459 e. The van der Waals surface area contributed by atoms with E-state index in [4.69, 9.17) is 42.6 Å². The number of pyridine rings is 1. The maximum absolute atomic E-state index is 10.2. The fourth-order valence-corrected chi connectivity index (χ4v) is 4.89. The summed E-state index contributed by atoms with van der Waals surface area (Å²) >= 11 is 13.0. The van der Waals surface area contributed by atoms with Crippen LogP contribution in [0.4, 0.5) is 5.69 Å². The molecule has 2 unspecified atom stereocenters. The van der Waals surface area contributed by atoms with Crippen LogP contribution in [-0.2, 0) is 0 Å². The molecule has 0 amide bonds. The lowest BCUT2D eigenvalue weighted by Gasteiger charge is -2.32. The first kappa shape index (κ1) is 24.7. The number of fused-ring (bicyclic) bond motifs is 1. The Morgan fingerprint density at radius 1 is 1.11 bits per heavy atom. The van der Waals surface area contributed by atoms with Crippen molar-refractivity contribution in [1.82, 2.24) is 10.3 Å². The Morgan fingerprint density at radius 3 is 2.58 bits per heavy atom. The molecule has 2 aliphatic rings. The highest BCUT2D eigenvalue weighted by molar-refractivity contribution is 6.37. The number of aliphatic hydroxyl groups is 2. The summed E-state index contributed by atoms with van der Waals surface area (Å²) in [5.41, 5.74) is 2.65. The number of nitrogens with zero attached hydrogens (tertiary/aromatic N) is 4. The van der Waals surface area contributed by atoms with Gasteiger partial charge in [0.1, 0.15) is 23.3 Å². The number of aryl methyl sites for hydroxylation is 1. The molecule has 3 N–H and O–H groups in total. The van der Waals surface area contributed by atoms with Gasteiger partial charge in [-0.05, 0) is 73.9 Å². The summed E-state index contributed by atoms with van der Waals surface area (Å²) in [6, 6.07) is 16.2. The number of aliphatic hydroxyl groups excluding tert-OH is 2. The number of nitrogens with one attached hydrogen (secondary N) is 1. The predicted molar refractivity (Wildman–Crippen MR) is 143 cm³/mol. The van der Waals surface area contributed by atoms with Crippen LogP contribution in [0.5, 0.6) is 11.5 Å². The number of rotatable bonds is 5. The quantitative estimate of drug-likeness (QED) is 0.291. The van der Waals surface area contributed by atoms with Gasteiger partial charge in [0, 0.05) is 11.3 Å². The lowest BCUT2D eigenvalue weighted by molar-refractivity contribution is 0.0631. The second kappa shape index (κ2) is 9.58. The van der Waals surface area contributed by atoms with Gasteiger partial charge in [-0.2, -0.15) is 10.4 Å². The maximum Gasteiger partial charge on any atom is 0.206 e. The van der Waals surface area contributed by atoms with E-state index in [-0.39, 0.29) is 21.5 Å². The molecule has 0 bridgehead atoms. The maximum atomic E-state index is 10.2. The Balaban J connectivity index is 1.28. The molecule has 0 spiro atoms. The first-order chi connectivity index (χ1) is 18.3. The standard InChI is InChI=1S/C27H21Cl2N5O4/c1-13-8-21(24-7-6-23(38-24)14-2-3-14)31-20-5-4-16(11-17(13)20)37-25-18(28)9-15(10-19(25)29)34-27(36)32-26(35)22(12-30)33-34/h4-11,14,26-27,32,35-36H,2-3H2,1H3. The van der Waals surface area contributed by atoms with Gasteiger partial charge in [0.25, 0.3) is 0 Å². The summed E-state index contributed by atoms with van der Waals surface area (Å²) in [5.74, 6) is 3.03. The lowest BCUT2D eigenvalue weighted by Crippen LogP contribution is -2.55. The van der Waals surface area contributed by atoms with Crippen molar-refractivity contribution in [2.75, 3.05) is 5.01 Å². The minimum absolute atomic E-state index is 0.161. The van der Waals surface area contributed by atoms with Crippen molar-refractivity contribution in [2.45, 2.75) is 38.3 Å². The van der Waals surface area contributed by atoms with Gasteiger partial charge < -0.3 is 19.4 Å². The third-order valence-electron chi connectivity index (χ3n) is 6.44. The molecule has 1 saturated carbocycles. The SMILES string of the molecule is Cc1cc(-c2ccc(C3CC3)o2)nc2ccc(Oc3c(Cl)cc(N4N=C(C#N)C(O)NC4O)cc3Cl)cc12. The van der Waals surface area contributed by atoms with Crippen molar-refractivity contribution in [3.63, 3.8) is 0 Å². The molecule has 2 aromatic carbocycles. The number of nitriles is 1. The Bertz CT molecular complexity index is 1620. The van der Waals surface area contributed by atoms with E-state index >= 15 is 0 Å². The molecule has 1 aliphatic heterocycles. The number of hydrogen-bond donors (Lipinski definition) is 3. The molecule has 2 atom stereocenters. The number of hydrazone groups is 1. The molecule has 38 heavy (non-hydrogen) atoms. The molecule has 4 aromatic rings. The topological polar surface area (TPSA) is 127 Å². The van der Waals surface area contributed by atoms with Gasteiger partial charge in [-0.1, -0.05) is 23.2 Å². The van der Waals surface area contributed by atoms with Gasteiger partial charge in [0.2, 0.25) is 6.35 Å². The average molecular weight is 550 g/mol. The van der Waals surface area contributed by atoms with Crippen LogP contribution in [-0.4, -0.2) is 33.5 Å². The van der Waals surface area contributed by atoms with E-state index < -0.39 is 12.6 Å². The Morgan fingerprint density at radius 2 is 1.87 bits per heavy atom. The molecule has 0 radical (unpaired) electrons. The largest absolute Gasteiger partial charge is 0.459 e. The first-order valence-corrected chi connectivity index (χ1v) is 12.6. The number of benzene rings is 2. The van der Waals surface area contributed by atoms with Crippen LogP contribution in [0, 0.1) is 18.3 Å². The molecule has 3 heterocycles. The number of halogens is 2. The zero-order valence-electron chi connectivity index (χ0n) is 20.0. The van der Waals surface area contributed by atoms with E-state index in [1.54, 1.807) is 12.1 Å². The zero-order chi connectivity index (χ0) is 26.6. The molecule has 192 valence electrons. The van der Waals surface area contributed by atoms with E-state index in [0.717, 1.165) is 38.7 Å². The van der Waals surface area contributed by atoms with E-state index in [1.807, 2.05) is 37.3 Å². The Labute approximate surface area is 227 Å². The van der Waals surface area contributed by atoms with Crippen LogP contribution >= 0.6 is 23.2 Å². The highest BCUT2D eigenvalue weighted by Crippen LogP contribution is 2.43. The summed E-state index contributed by atoms with van der Waals surface area (Å²) in [5, 5.41) is 37.9. The molecular weight excluding hydrogens is 529 g/mol. The molecule has 6 rings (SSSR count). The van der Waals surface area contributed by atoms with Gasteiger partial charge in [0.15, 0.2) is 23.4 Å². The van der Waals surface area contributed by atoms with E-state index in [2.05, 4.69) is 10.4 Å². The Kier molecular flexibility index (Phi) is 6.22. The van der Waals surface area contributed by atoms with Gasteiger partial charge in [-0.25, -0.2) is 15.3 Å².